The van der Waals surface area contributed by atoms with Crippen LogP contribution in [0.3, 0.4) is 0 Å². The minimum absolute atomic E-state index is 0.00370. The van der Waals surface area contributed by atoms with Gasteiger partial charge in [-0.15, -0.1) is 0 Å². The van der Waals surface area contributed by atoms with Gasteiger partial charge in [0.05, 0.1) is 0 Å². The van der Waals surface area contributed by atoms with Gasteiger partial charge < -0.3 is 19.4 Å². The van der Waals surface area contributed by atoms with Crippen molar-refractivity contribution in [3.05, 3.63) is 65.7 Å². The third kappa shape index (κ3) is 4.78. The first-order valence-electron chi connectivity index (χ1n) is 9.07. The summed E-state index contributed by atoms with van der Waals surface area (Å²) in [4.78, 5) is 30.4. The van der Waals surface area contributed by atoms with E-state index < -0.39 is 0 Å². The van der Waals surface area contributed by atoms with Gasteiger partial charge in [-0.2, -0.15) is 0 Å². The van der Waals surface area contributed by atoms with Crippen LogP contribution >= 0.6 is 0 Å². The number of anilines is 1. The lowest BCUT2D eigenvalue weighted by atomic mass is 10.1. The molecule has 1 heterocycles. The normalized spacial score (nSPS) is 14.0. The number of benzene rings is 2. The zero-order valence-electron chi connectivity index (χ0n) is 15.8. The average molecular weight is 367 g/mol. The fourth-order valence-corrected chi connectivity index (χ4v) is 3.00. The lowest BCUT2D eigenvalue weighted by Gasteiger charge is -2.34. The highest BCUT2D eigenvalue weighted by Gasteiger charge is 2.25. The first-order valence-corrected chi connectivity index (χ1v) is 9.07. The first-order chi connectivity index (χ1) is 13.0. The van der Waals surface area contributed by atoms with Crippen LogP contribution in [0.1, 0.15) is 15.9 Å². The largest absolute Gasteiger partial charge is 0.445 e. The highest BCUT2D eigenvalue weighted by atomic mass is 16.6. The van der Waals surface area contributed by atoms with Crippen molar-refractivity contribution in [2.24, 2.45) is 0 Å². The van der Waals surface area contributed by atoms with Crippen LogP contribution in [0.25, 0.3) is 0 Å². The second-order valence-corrected chi connectivity index (χ2v) is 6.76. The SMILES string of the molecule is CN(C)c1cccc(C(=O)N2CCN(C(=O)OCc3ccccc3)CC2)c1. The van der Waals surface area contributed by atoms with E-state index in [1.54, 1.807) is 9.80 Å². The van der Waals surface area contributed by atoms with E-state index in [-0.39, 0.29) is 18.6 Å². The Kier molecular flexibility index (Phi) is 5.96. The third-order valence-corrected chi connectivity index (χ3v) is 4.64. The van der Waals surface area contributed by atoms with Crippen LogP contribution in [-0.4, -0.2) is 62.1 Å². The number of carbonyl (C=O) groups excluding carboxylic acids is 2. The highest BCUT2D eigenvalue weighted by Crippen LogP contribution is 2.16. The minimum atomic E-state index is -0.333. The van der Waals surface area contributed by atoms with Gasteiger partial charge in [-0.05, 0) is 23.8 Å². The van der Waals surface area contributed by atoms with Crippen LogP contribution in [0.15, 0.2) is 54.6 Å². The Morgan fingerprint density at radius 1 is 0.926 bits per heavy atom. The number of amides is 2. The number of hydrogen-bond acceptors (Lipinski definition) is 4. The van der Waals surface area contributed by atoms with Crippen LogP contribution < -0.4 is 4.90 Å². The van der Waals surface area contributed by atoms with E-state index in [9.17, 15) is 9.59 Å². The van der Waals surface area contributed by atoms with E-state index in [4.69, 9.17) is 4.74 Å². The topological polar surface area (TPSA) is 53.1 Å². The molecule has 2 aromatic rings. The van der Waals surface area contributed by atoms with Crippen LogP contribution in [0.4, 0.5) is 10.5 Å². The van der Waals surface area contributed by atoms with E-state index in [1.807, 2.05) is 73.6 Å². The van der Waals surface area contributed by atoms with Crippen LogP contribution in [0.5, 0.6) is 0 Å². The molecule has 0 radical (unpaired) electrons. The molecular formula is C21H25N3O3. The van der Waals surface area contributed by atoms with Gasteiger partial charge in [-0.25, -0.2) is 4.79 Å². The molecule has 142 valence electrons. The predicted molar refractivity (Wildman–Crippen MR) is 105 cm³/mol. The van der Waals surface area contributed by atoms with Crippen molar-refractivity contribution >= 4 is 17.7 Å². The van der Waals surface area contributed by atoms with Crippen molar-refractivity contribution in [1.82, 2.24) is 9.80 Å². The predicted octanol–water partition coefficient (Wildman–Crippen LogP) is 2.85. The Balaban J connectivity index is 1.51. The number of rotatable bonds is 4. The van der Waals surface area contributed by atoms with Crippen molar-refractivity contribution < 1.29 is 14.3 Å². The van der Waals surface area contributed by atoms with E-state index in [2.05, 4.69) is 0 Å². The summed E-state index contributed by atoms with van der Waals surface area (Å²) in [5, 5.41) is 0. The molecule has 2 amide bonds. The molecule has 0 N–H and O–H groups in total. The smallest absolute Gasteiger partial charge is 0.410 e. The summed E-state index contributed by atoms with van der Waals surface area (Å²) in [5.41, 5.74) is 2.62. The molecule has 0 aromatic heterocycles. The molecule has 0 spiro atoms. The molecule has 0 unspecified atom stereocenters. The van der Waals surface area contributed by atoms with Gasteiger partial charge in [-0.3, -0.25) is 4.79 Å². The molecule has 1 aliphatic heterocycles. The molecule has 2 aromatic carbocycles. The molecule has 6 heteroatoms. The fourth-order valence-electron chi connectivity index (χ4n) is 3.00. The van der Waals surface area contributed by atoms with Gasteiger partial charge >= 0.3 is 6.09 Å². The molecule has 6 nitrogen and oxygen atoms in total. The van der Waals surface area contributed by atoms with Crippen molar-refractivity contribution in [3.63, 3.8) is 0 Å². The monoisotopic (exact) mass is 367 g/mol. The van der Waals surface area contributed by atoms with E-state index >= 15 is 0 Å². The third-order valence-electron chi connectivity index (χ3n) is 4.64. The summed E-state index contributed by atoms with van der Waals surface area (Å²) >= 11 is 0. The van der Waals surface area contributed by atoms with E-state index in [0.29, 0.717) is 31.7 Å². The van der Waals surface area contributed by atoms with Gasteiger partial charge in [0.2, 0.25) is 0 Å². The number of nitrogens with zero attached hydrogens (tertiary/aromatic N) is 3. The first kappa shape index (κ1) is 18.8. The van der Waals surface area contributed by atoms with Crippen molar-refractivity contribution in [2.45, 2.75) is 6.61 Å². The molecule has 0 bridgehead atoms. The van der Waals surface area contributed by atoms with Gasteiger partial charge in [-0.1, -0.05) is 36.4 Å². The quantitative estimate of drug-likeness (QED) is 0.834. The molecule has 0 atom stereocenters. The van der Waals surface area contributed by atoms with E-state index in [0.717, 1.165) is 11.3 Å². The second kappa shape index (κ2) is 8.58. The van der Waals surface area contributed by atoms with E-state index in [1.165, 1.54) is 0 Å². The van der Waals surface area contributed by atoms with Crippen LogP contribution in [0, 0.1) is 0 Å². The summed E-state index contributed by atoms with van der Waals surface area (Å²) < 4.78 is 5.37. The second-order valence-electron chi connectivity index (χ2n) is 6.76. The Morgan fingerprint density at radius 2 is 1.59 bits per heavy atom. The van der Waals surface area contributed by atoms with Crippen molar-refractivity contribution in [1.29, 1.82) is 0 Å². The summed E-state index contributed by atoms with van der Waals surface area (Å²) in [5.74, 6) is -0.00370. The zero-order chi connectivity index (χ0) is 19.2. The van der Waals surface area contributed by atoms with Gasteiger partial charge in [0, 0.05) is 51.5 Å². The lowest BCUT2D eigenvalue weighted by Crippen LogP contribution is -2.50. The number of ether oxygens (including phenoxy) is 1. The maximum Gasteiger partial charge on any atom is 0.410 e. The molecule has 1 saturated heterocycles. The summed E-state index contributed by atoms with van der Waals surface area (Å²) in [7, 11) is 3.90. The van der Waals surface area contributed by atoms with Crippen molar-refractivity contribution in [3.8, 4) is 0 Å². The summed E-state index contributed by atoms with van der Waals surface area (Å²) in [6.45, 7) is 2.23. The molecule has 0 saturated carbocycles. The molecule has 1 aliphatic rings. The van der Waals surface area contributed by atoms with Gasteiger partial charge in [0.15, 0.2) is 0 Å². The number of hydrogen-bond donors (Lipinski definition) is 0. The molecule has 3 rings (SSSR count). The standard InChI is InChI=1S/C21H25N3O3/c1-22(2)19-10-6-9-18(15-19)20(25)23-11-13-24(14-12-23)21(26)27-16-17-7-4-3-5-8-17/h3-10,15H,11-14,16H2,1-2H3. The zero-order valence-corrected chi connectivity index (χ0v) is 15.8. The van der Waals surface area contributed by atoms with Crippen molar-refractivity contribution in [2.75, 3.05) is 45.2 Å². The summed E-state index contributed by atoms with van der Waals surface area (Å²) in [6.07, 6.45) is -0.333. The summed E-state index contributed by atoms with van der Waals surface area (Å²) in [6, 6.07) is 17.2. The Hall–Kier alpha value is -3.02. The Bertz CT molecular complexity index is 784. The lowest BCUT2D eigenvalue weighted by molar-refractivity contribution is 0.0544. The molecule has 1 fully saturated rings. The van der Waals surface area contributed by atoms with Gasteiger partial charge in [0.25, 0.3) is 5.91 Å². The van der Waals surface area contributed by atoms with Crippen LogP contribution in [-0.2, 0) is 11.3 Å². The fraction of sp³-hybridized carbons (Fsp3) is 0.333. The van der Waals surface area contributed by atoms with Crippen LogP contribution in [0.2, 0.25) is 0 Å². The Labute approximate surface area is 159 Å². The molecular weight excluding hydrogens is 342 g/mol. The molecule has 27 heavy (non-hydrogen) atoms. The highest BCUT2D eigenvalue weighted by molar-refractivity contribution is 5.95. The number of carbonyl (C=O) groups is 2. The van der Waals surface area contributed by atoms with Gasteiger partial charge in [0.1, 0.15) is 6.61 Å². The Morgan fingerprint density at radius 3 is 2.26 bits per heavy atom. The molecule has 0 aliphatic carbocycles. The average Bonchev–Trinajstić information content (AvgIpc) is 2.72. The maximum absolute atomic E-state index is 12.7. The minimum Gasteiger partial charge on any atom is -0.445 e. The number of piperazine rings is 1. The maximum atomic E-state index is 12.7.